The predicted molar refractivity (Wildman–Crippen MR) is 93.6 cm³/mol. The lowest BCUT2D eigenvalue weighted by Crippen LogP contribution is -2.25. The molecule has 3 aromatic rings. The number of cyclic esters (lactones) is 1. The number of ether oxygens (including phenoxy) is 1. The number of aryl methyl sites for hydroxylation is 1. The fourth-order valence-corrected chi connectivity index (χ4v) is 2.88. The summed E-state index contributed by atoms with van der Waals surface area (Å²) in [5.41, 5.74) is 1.76. The normalized spacial score (nSPS) is 16.5. The molecule has 2 aromatic heterocycles. The zero-order valence-electron chi connectivity index (χ0n) is 14.7. The molecule has 1 amide bonds. The van der Waals surface area contributed by atoms with Crippen molar-refractivity contribution in [2.24, 2.45) is 7.05 Å². The SMILES string of the molecule is Cn1nnc(-c2ccc(-c3ccc(N4C[C@H](COO)OC4=O)cc3F)cn2)n1. The van der Waals surface area contributed by atoms with Crippen LogP contribution >= 0.6 is 0 Å². The maximum absolute atomic E-state index is 14.7. The Bertz CT molecular complexity index is 1010. The van der Waals surface area contributed by atoms with Crippen LogP contribution in [-0.4, -0.2) is 55.8 Å². The molecule has 144 valence electrons. The van der Waals surface area contributed by atoms with Crippen molar-refractivity contribution in [3.05, 3.63) is 42.3 Å². The quantitative estimate of drug-likeness (QED) is 0.522. The number of benzene rings is 1. The van der Waals surface area contributed by atoms with Crippen LogP contribution in [0.3, 0.4) is 0 Å². The first-order chi connectivity index (χ1) is 13.5. The first kappa shape index (κ1) is 17.9. The molecule has 3 heterocycles. The van der Waals surface area contributed by atoms with Gasteiger partial charge in [0.25, 0.3) is 0 Å². The molecular weight excluding hydrogens is 371 g/mol. The van der Waals surface area contributed by atoms with Crippen LogP contribution < -0.4 is 4.90 Å². The van der Waals surface area contributed by atoms with Crippen LogP contribution in [0.2, 0.25) is 0 Å². The van der Waals surface area contributed by atoms with E-state index in [0.717, 1.165) is 0 Å². The van der Waals surface area contributed by atoms with Crippen molar-refractivity contribution >= 4 is 11.8 Å². The molecule has 1 atom stereocenters. The van der Waals surface area contributed by atoms with Crippen molar-refractivity contribution < 1.29 is 24.1 Å². The molecule has 28 heavy (non-hydrogen) atoms. The van der Waals surface area contributed by atoms with Crippen molar-refractivity contribution in [2.45, 2.75) is 6.10 Å². The molecule has 1 fully saturated rings. The second kappa shape index (κ2) is 7.29. The van der Waals surface area contributed by atoms with Gasteiger partial charge in [0.05, 0.1) is 19.3 Å². The van der Waals surface area contributed by atoms with Crippen LogP contribution in [-0.2, 0) is 16.7 Å². The average Bonchev–Trinajstić information content (AvgIpc) is 3.28. The number of nitrogens with zero attached hydrogens (tertiary/aromatic N) is 6. The highest BCUT2D eigenvalue weighted by Crippen LogP contribution is 2.29. The monoisotopic (exact) mass is 386 g/mol. The van der Waals surface area contributed by atoms with Gasteiger partial charge in [0, 0.05) is 17.3 Å². The Labute approximate surface area is 158 Å². The van der Waals surface area contributed by atoms with Gasteiger partial charge in [-0.25, -0.2) is 14.1 Å². The highest BCUT2D eigenvalue weighted by atomic mass is 19.1. The second-order valence-electron chi connectivity index (χ2n) is 6.11. The van der Waals surface area contributed by atoms with Crippen molar-refractivity contribution in [1.82, 2.24) is 25.2 Å². The molecule has 4 rings (SSSR count). The molecule has 10 nitrogen and oxygen atoms in total. The Kier molecular flexibility index (Phi) is 4.67. The fourth-order valence-electron chi connectivity index (χ4n) is 2.88. The van der Waals surface area contributed by atoms with E-state index < -0.39 is 18.0 Å². The molecule has 0 radical (unpaired) electrons. The van der Waals surface area contributed by atoms with Crippen LogP contribution in [0.15, 0.2) is 36.5 Å². The zero-order valence-corrected chi connectivity index (χ0v) is 14.7. The van der Waals surface area contributed by atoms with Crippen LogP contribution in [0, 0.1) is 5.82 Å². The van der Waals surface area contributed by atoms with Crippen molar-refractivity contribution in [2.75, 3.05) is 18.1 Å². The number of tetrazole rings is 1. The van der Waals surface area contributed by atoms with Crippen molar-refractivity contribution in [3.8, 4) is 22.6 Å². The van der Waals surface area contributed by atoms with E-state index in [-0.39, 0.29) is 13.2 Å². The number of hydrogen-bond donors (Lipinski definition) is 1. The van der Waals surface area contributed by atoms with E-state index in [2.05, 4.69) is 25.3 Å². The molecule has 0 aliphatic carbocycles. The van der Waals surface area contributed by atoms with Crippen LogP contribution in [0.4, 0.5) is 14.9 Å². The summed E-state index contributed by atoms with van der Waals surface area (Å²) in [7, 11) is 1.65. The maximum atomic E-state index is 14.7. The zero-order chi connectivity index (χ0) is 19.7. The van der Waals surface area contributed by atoms with E-state index in [1.807, 2.05) is 0 Å². The smallest absolute Gasteiger partial charge is 0.414 e. The molecule has 1 N–H and O–H groups in total. The molecular formula is C17H15FN6O4. The van der Waals surface area contributed by atoms with Gasteiger partial charge in [0.15, 0.2) is 0 Å². The second-order valence-corrected chi connectivity index (χ2v) is 6.11. The van der Waals surface area contributed by atoms with Crippen LogP contribution in [0.1, 0.15) is 0 Å². The highest BCUT2D eigenvalue weighted by molar-refractivity contribution is 5.90. The third-order valence-electron chi connectivity index (χ3n) is 4.21. The Morgan fingerprint density at radius 1 is 1.36 bits per heavy atom. The van der Waals surface area contributed by atoms with Gasteiger partial charge >= 0.3 is 6.09 Å². The number of carbonyl (C=O) groups excluding carboxylic acids is 1. The van der Waals surface area contributed by atoms with E-state index >= 15 is 0 Å². The minimum Gasteiger partial charge on any atom is -0.441 e. The van der Waals surface area contributed by atoms with E-state index in [0.29, 0.717) is 28.3 Å². The lowest BCUT2D eigenvalue weighted by atomic mass is 10.1. The average molecular weight is 386 g/mol. The maximum Gasteiger partial charge on any atom is 0.414 e. The molecule has 11 heteroatoms. The summed E-state index contributed by atoms with van der Waals surface area (Å²) in [5, 5.41) is 20.2. The van der Waals surface area contributed by atoms with Gasteiger partial charge in [-0.05, 0) is 29.5 Å². The predicted octanol–water partition coefficient (Wildman–Crippen LogP) is 1.89. The van der Waals surface area contributed by atoms with Gasteiger partial charge in [0.2, 0.25) is 5.82 Å². The van der Waals surface area contributed by atoms with E-state index in [9.17, 15) is 9.18 Å². The number of hydrogen-bond acceptors (Lipinski definition) is 8. The molecule has 0 saturated carbocycles. The third-order valence-corrected chi connectivity index (χ3v) is 4.21. The lowest BCUT2D eigenvalue weighted by molar-refractivity contribution is -0.253. The fraction of sp³-hybridized carbons (Fsp3) is 0.235. The summed E-state index contributed by atoms with van der Waals surface area (Å²) in [5.74, 6) is -0.141. The standard InChI is InChI=1S/C17H15FN6O4/c1-23-21-16(20-22-23)15-5-2-10(7-19-15)13-4-3-11(6-14(13)18)24-8-12(9-27-26)28-17(24)25/h2-7,12,26H,8-9H2,1H3/t12-/m1/s1. The number of anilines is 1. The van der Waals surface area contributed by atoms with Crippen molar-refractivity contribution in [1.29, 1.82) is 0 Å². The summed E-state index contributed by atoms with van der Waals surface area (Å²) in [4.78, 5) is 22.8. The molecule has 1 aliphatic heterocycles. The number of rotatable bonds is 5. The van der Waals surface area contributed by atoms with E-state index in [1.165, 1.54) is 22.0 Å². The molecule has 1 saturated heterocycles. The number of pyridine rings is 1. The highest BCUT2D eigenvalue weighted by Gasteiger charge is 2.33. The van der Waals surface area contributed by atoms with Gasteiger partial charge in [-0.3, -0.25) is 15.1 Å². The first-order valence-electron chi connectivity index (χ1n) is 8.30. The topological polar surface area (TPSA) is 115 Å². The Morgan fingerprint density at radius 2 is 2.21 bits per heavy atom. The molecule has 0 bridgehead atoms. The van der Waals surface area contributed by atoms with Gasteiger partial charge in [-0.2, -0.15) is 4.80 Å². The van der Waals surface area contributed by atoms with Gasteiger partial charge < -0.3 is 4.74 Å². The summed E-state index contributed by atoms with van der Waals surface area (Å²) in [6, 6.07) is 7.80. The summed E-state index contributed by atoms with van der Waals surface area (Å²) in [6.07, 6.45) is 0.270. The molecule has 1 aromatic carbocycles. The first-order valence-corrected chi connectivity index (χ1v) is 8.30. The number of aromatic nitrogens is 5. The largest absolute Gasteiger partial charge is 0.441 e. The molecule has 0 spiro atoms. The Balaban J connectivity index is 1.56. The van der Waals surface area contributed by atoms with Crippen LogP contribution in [0.25, 0.3) is 22.6 Å². The van der Waals surface area contributed by atoms with E-state index in [1.54, 1.807) is 31.3 Å². The minimum absolute atomic E-state index is 0.151. The molecule has 1 aliphatic rings. The Morgan fingerprint density at radius 3 is 2.86 bits per heavy atom. The van der Waals surface area contributed by atoms with Gasteiger partial charge in [-0.1, -0.05) is 6.07 Å². The Hall–Kier alpha value is -3.44. The summed E-state index contributed by atoms with van der Waals surface area (Å²) >= 11 is 0. The minimum atomic E-state index is -0.628. The van der Waals surface area contributed by atoms with Crippen LogP contribution in [0.5, 0.6) is 0 Å². The number of halogens is 1. The van der Waals surface area contributed by atoms with E-state index in [4.69, 9.17) is 9.99 Å². The van der Waals surface area contributed by atoms with Gasteiger partial charge in [-0.15, -0.1) is 10.2 Å². The van der Waals surface area contributed by atoms with Crippen molar-refractivity contribution in [3.63, 3.8) is 0 Å². The lowest BCUT2D eigenvalue weighted by Gasteiger charge is -2.14. The number of amides is 1. The summed E-state index contributed by atoms with van der Waals surface area (Å²) < 4.78 is 19.7. The summed E-state index contributed by atoms with van der Waals surface area (Å²) in [6.45, 7) is 0.00101. The molecule has 0 unspecified atom stereocenters. The number of carbonyl (C=O) groups is 1. The van der Waals surface area contributed by atoms with Gasteiger partial charge in [0.1, 0.15) is 24.2 Å². The third kappa shape index (κ3) is 3.40.